The number of halogens is 1. The molecule has 0 radical (unpaired) electrons. The van der Waals surface area contributed by atoms with Gasteiger partial charge in [0.15, 0.2) is 0 Å². The summed E-state index contributed by atoms with van der Waals surface area (Å²) >= 11 is 1.87. The normalized spacial score (nSPS) is 23.2. The van der Waals surface area contributed by atoms with Crippen molar-refractivity contribution in [2.24, 2.45) is 5.92 Å². The number of nitrogens with zero attached hydrogens (tertiary/aromatic N) is 3. The maximum Gasteiger partial charge on any atom is 0.123 e. The maximum absolute atomic E-state index is 13.5. The molecule has 5 aromatic rings. The SMILES string of the molecule is Cc1cc2c(cnn2-c2ccc(F)cc2)cc1C12CN(Sc3ccccc3)CC1C2c1ccccc1. The van der Waals surface area contributed by atoms with E-state index in [1.165, 1.54) is 33.7 Å². The third-order valence-electron chi connectivity index (χ3n) is 7.97. The molecule has 2 fully saturated rings. The second-order valence-corrected chi connectivity index (χ2v) is 11.2. The molecule has 36 heavy (non-hydrogen) atoms. The largest absolute Gasteiger partial charge is 0.245 e. The van der Waals surface area contributed by atoms with Gasteiger partial charge in [0.25, 0.3) is 0 Å². The van der Waals surface area contributed by atoms with Gasteiger partial charge in [-0.05, 0) is 90.0 Å². The number of hydrogen-bond acceptors (Lipinski definition) is 3. The fraction of sp³-hybridized carbons (Fsp3) is 0.194. The molecule has 1 aromatic heterocycles. The smallest absolute Gasteiger partial charge is 0.123 e. The van der Waals surface area contributed by atoms with Crippen LogP contribution < -0.4 is 0 Å². The van der Waals surface area contributed by atoms with E-state index >= 15 is 0 Å². The standard InChI is InChI=1S/C31H26FN3S/c1-21-16-29-23(18-33-35(29)25-14-12-24(32)13-15-25)17-27(21)31-20-34(36-26-10-6-3-7-11-26)19-28(31)30(31)22-8-4-2-5-9-22/h2-18,28,30H,19-20H2,1H3. The predicted molar refractivity (Wildman–Crippen MR) is 144 cm³/mol. The average molecular weight is 492 g/mol. The van der Waals surface area contributed by atoms with Gasteiger partial charge in [-0.15, -0.1) is 0 Å². The molecule has 5 heteroatoms. The number of fused-ring (bicyclic) bond motifs is 2. The zero-order valence-electron chi connectivity index (χ0n) is 20.0. The quantitative estimate of drug-likeness (QED) is 0.244. The van der Waals surface area contributed by atoms with Crippen molar-refractivity contribution in [3.05, 3.63) is 126 Å². The van der Waals surface area contributed by atoms with Gasteiger partial charge in [-0.1, -0.05) is 48.5 Å². The van der Waals surface area contributed by atoms with Gasteiger partial charge >= 0.3 is 0 Å². The third kappa shape index (κ3) is 3.41. The van der Waals surface area contributed by atoms with Crippen molar-refractivity contribution in [3.63, 3.8) is 0 Å². The Hall–Kier alpha value is -3.41. The number of piperidine rings is 1. The second kappa shape index (κ2) is 8.32. The van der Waals surface area contributed by atoms with Gasteiger partial charge in [0.1, 0.15) is 5.82 Å². The molecule has 3 unspecified atom stereocenters. The highest BCUT2D eigenvalue weighted by atomic mass is 32.2. The predicted octanol–water partition coefficient (Wildman–Crippen LogP) is 7.15. The van der Waals surface area contributed by atoms with Crippen molar-refractivity contribution in [1.82, 2.24) is 14.1 Å². The van der Waals surface area contributed by atoms with Crippen LogP contribution in [0.5, 0.6) is 0 Å². The third-order valence-corrected chi connectivity index (χ3v) is 8.99. The summed E-state index contributed by atoms with van der Waals surface area (Å²) in [4.78, 5) is 1.29. The van der Waals surface area contributed by atoms with Crippen molar-refractivity contribution < 1.29 is 4.39 Å². The molecule has 0 amide bonds. The van der Waals surface area contributed by atoms with E-state index in [0.29, 0.717) is 11.8 Å². The van der Waals surface area contributed by atoms with Crippen molar-refractivity contribution >= 4 is 22.9 Å². The molecule has 2 heterocycles. The summed E-state index contributed by atoms with van der Waals surface area (Å²) in [6.45, 7) is 4.33. The van der Waals surface area contributed by atoms with Crippen LogP contribution in [0.3, 0.4) is 0 Å². The lowest BCUT2D eigenvalue weighted by Gasteiger charge is -2.25. The molecule has 1 aliphatic carbocycles. The van der Waals surface area contributed by atoms with E-state index in [2.05, 4.69) is 89.1 Å². The molecule has 0 spiro atoms. The summed E-state index contributed by atoms with van der Waals surface area (Å²) < 4.78 is 17.9. The summed E-state index contributed by atoms with van der Waals surface area (Å²) in [7, 11) is 0. The first-order valence-electron chi connectivity index (χ1n) is 12.4. The van der Waals surface area contributed by atoms with E-state index in [-0.39, 0.29) is 11.2 Å². The van der Waals surface area contributed by atoms with Crippen LogP contribution in [0, 0.1) is 18.7 Å². The number of rotatable bonds is 5. The Morgan fingerprint density at radius 3 is 2.39 bits per heavy atom. The minimum atomic E-state index is -0.237. The van der Waals surface area contributed by atoms with Gasteiger partial charge in [0.05, 0.1) is 17.4 Å². The van der Waals surface area contributed by atoms with Crippen molar-refractivity contribution in [3.8, 4) is 5.69 Å². The van der Waals surface area contributed by atoms with Gasteiger partial charge in [-0.2, -0.15) is 5.10 Å². The fourth-order valence-electron chi connectivity index (χ4n) is 6.39. The monoisotopic (exact) mass is 491 g/mol. The zero-order chi connectivity index (χ0) is 24.3. The molecule has 4 aromatic carbocycles. The summed E-state index contributed by atoms with van der Waals surface area (Å²) in [5.41, 5.74) is 6.19. The number of aryl methyl sites for hydroxylation is 1. The van der Waals surface area contributed by atoms with Crippen LogP contribution in [0.4, 0.5) is 4.39 Å². The molecule has 2 aliphatic rings. The summed E-state index contributed by atoms with van der Waals surface area (Å²) in [6.07, 6.45) is 1.94. The van der Waals surface area contributed by atoms with Crippen LogP contribution >= 0.6 is 11.9 Å². The molecule has 0 bridgehead atoms. The topological polar surface area (TPSA) is 21.1 Å². The van der Waals surface area contributed by atoms with E-state index in [0.717, 1.165) is 29.7 Å². The molecule has 3 atom stereocenters. The lowest BCUT2D eigenvalue weighted by molar-refractivity contribution is 0.478. The molecule has 1 saturated carbocycles. The van der Waals surface area contributed by atoms with Crippen LogP contribution in [0.2, 0.25) is 0 Å². The van der Waals surface area contributed by atoms with E-state index < -0.39 is 0 Å². The van der Waals surface area contributed by atoms with E-state index in [4.69, 9.17) is 0 Å². The van der Waals surface area contributed by atoms with E-state index in [1.54, 1.807) is 12.1 Å². The first-order valence-corrected chi connectivity index (χ1v) is 13.2. The van der Waals surface area contributed by atoms with Gasteiger partial charge in [0.2, 0.25) is 0 Å². The molecule has 1 saturated heterocycles. The fourth-order valence-corrected chi connectivity index (χ4v) is 7.48. The Morgan fingerprint density at radius 1 is 0.917 bits per heavy atom. The van der Waals surface area contributed by atoms with Crippen LogP contribution in [-0.2, 0) is 5.41 Å². The Morgan fingerprint density at radius 2 is 1.64 bits per heavy atom. The molecular formula is C31H26FN3S. The van der Waals surface area contributed by atoms with Crippen LogP contribution in [-0.4, -0.2) is 27.2 Å². The molecule has 1 aliphatic heterocycles. The van der Waals surface area contributed by atoms with Crippen molar-refractivity contribution in [1.29, 1.82) is 0 Å². The first kappa shape index (κ1) is 21.8. The number of aromatic nitrogens is 2. The van der Waals surface area contributed by atoms with Crippen LogP contribution in [0.1, 0.15) is 22.6 Å². The maximum atomic E-state index is 13.5. The van der Waals surface area contributed by atoms with Gasteiger partial charge in [-0.25, -0.2) is 13.4 Å². The Bertz CT molecular complexity index is 1550. The Kier molecular flexibility index (Phi) is 5.05. The van der Waals surface area contributed by atoms with Crippen molar-refractivity contribution in [2.75, 3.05) is 13.1 Å². The molecule has 178 valence electrons. The number of benzene rings is 4. The minimum absolute atomic E-state index is 0.0966. The van der Waals surface area contributed by atoms with Gasteiger partial charge in [-0.3, -0.25) is 0 Å². The highest BCUT2D eigenvalue weighted by molar-refractivity contribution is 7.97. The zero-order valence-corrected chi connectivity index (χ0v) is 20.8. The summed E-state index contributed by atoms with van der Waals surface area (Å²) in [5, 5.41) is 5.79. The van der Waals surface area contributed by atoms with Crippen LogP contribution in [0.25, 0.3) is 16.6 Å². The second-order valence-electron chi connectivity index (χ2n) is 10.0. The lowest BCUT2D eigenvalue weighted by atomic mass is 9.87. The Labute approximate surface area is 214 Å². The average Bonchev–Trinajstić information content (AvgIpc) is 3.15. The number of hydrogen-bond donors (Lipinski definition) is 0. The molecule has 7 rings (SSSR count). The van der Waals surface area contributed by atoms with E-state index in [1.807, 2.05) is 22.8 Å². The van der Waals surface area contributed by atoms with Gasteiger partial charge < -0.3 is 0 Å². The van der Waals surface area contributed by atoms with E-state index in [9.17, 15) is 4.39 Å². The van der Waals surface area contributed by atoms with Crippen molar-refractivity contribution in [2.45, 2.75) is 23.2 Å². The first-order chi connectivity index (χ1) is 17.6. The minimum Gasteiger partial charge on any atom is -0.245 e. The Balaban J connectivity index is 1.29. The molecule has 3 nitrogen and oxygen atoms in total. The summed E-state index contributed by atoms with van der Waals surface area (Å²) in [5.74, 6) is 0.868. The molecule has 0 N–H and O–H groups in total. The lowest BCUT2D eigenvalue weighted by Crippen LogP contribution is -2.24. The highest BCUT2D eigenvalue weighted by Crippen LogP contribution is 2.70. The van der Waals surface area contributed by atoms with Gasteiger partial charge in [0, 0.05) is 34.7 Å². The summed E-state index contributed by atoms with van der Waals surface area (Å²) in [6, 6.07) is 32.8. The molecular weight excluding hydrogens is 465 g/mol. The van der Waals surface area contributed by atoms with Crippen LogP contribution in [0.15, 0.2) is 108 Å². The highest BCUT2D eigenvalue weighted by Gasteiger charge is 2.70.